The van der Waals surface area contributed by atoms with Gasteiger partial charge in [0.05, 0.1) is 11.9 Å². The van der Waals surface area contributed by atoms with E-state index in [1.807, 2.05) is 0 Å². The van der Waals surface area contributed by atoms with Gasteiger partial charge in [-0.2, -0.15) is 0 Å². The quantitative estimate of drug-likeness (QED) is 0.797. The topological polar surface area (TPSA) is 71.8 Å². The van der Waals surface area contributed by atoms with Crippen molar-refractivity contribution in [2.24, 2.45) is 0 Å². The van der Waals surface area contributed by atoms with Crippen molar-refractivity contribution in [3.63, 3.8) is 0 Å². The molecule has 82 valence electrons. The lowest BCUT2D eigenvalue weighted by molar-refractivity contribution is 0.628. The number of aromatic nitrogens is 2. The molecule has 0 aliphatic heterocycles. The van der Waals surface area contributed by atoms with Gasteiger partial charge in [0.1, 0.15) is 5.82 Å². The predicted octanol–water partition coefficient (Wildman–Crippen LogP) is 1.81. The van der Waals surface area contributed by atoms with E-state index >= 15 is 0 Å². The zero-order valence-corrected chi connectivity index (χ0v) is 8.75. The van der Waals surface area contributed by atoms with Crippen molar-refractivity contribution in [1.82, 2.24) is 9.97 Å². The second-order valence-corrected chi connectivity index (χ2v) is 3.61. The number of nitrogens with zero attached hydrogens (tertiary/aromatic N) is 1. The summed E-state index contributed by atoms with van der Waals surface area (Å²) >= 11 is 5.69. The molecule has 0 fully saturated rings. The van der Waals surface area contributed by atoms with Crippen LogP contribution in [0.3, 0.4) is 0 Å². The summed E-state index contributed by atoms with van der Waals surface area (Å²) in [4.78, 5) is 17.4. The van der Waals surface area contributed by atoms with Crippen molar-refractivity contribution in [3.05, 3.63) is 45.6 Å². The molecular formula is C10H7ClFN3O. The third-order valence-electron chi connectivity index (χ3n) is 1.99. The number of H-pyrrole nitrogens is 1. The number of nitrogens with one attached hydrogen (secondary N) is 1. The van der Waals surface area contributed by atoms with E-state index in [4.69, 9.17) is 17.3 Å². The van der Waals surface area contributed by atoms with Gasteiger partial charge in [-0.05, 0) is 18.2 Å². The summed E-state index contributed by atoms with van der Waals surface area (Å²) in [5.41, 5.74) is 5.56. The Morgan fingerprint density at radius 2 is 2.12 bits per heavy atom. The number of nitrogens with two attached hydrogens (primary N) is 1. The minimum Gasteiger partial charge on any atom is -0.379 e. The first-order valence-corrected chi connectivity index (χ1v) is 4.75. The van der Waals surface area contributed by atoms with Gasteiger partial charge >= 0.3 is 0 Å². The van der Waals surface area contributed by atoms with Crippen molar-refractivity contribution in [2.45, 2.75) is 0 Å². The van der Waals surface area contributed by atoms with Gasteiger partial charge < -0.3 is 10.7 Å². The third-order valence-corrected chi connectivity index (χ3v) is 2.21. The molecule has 0 atom stereocenters. The van der Waals surface area contributed by atoms with E-state index in [9.17, 15) is 9.18 Å². The molecule has 2 rings (SSSR count). The number of hydrogen-bond donors (Lipinski definition) is 2. The van der Waals surface area contributed by atoms with Crippen LogP contribution in [-0.4, -0.2) is 9.97 Å². The highest BCUT2D eigenvalue weighted by Crippen LogP contribution is 2.21. The van der Waals surface area contributed by atoms with Crippen LogP contribution >= 0.6 is 11.6 Å². The first-order valence-electron chi connectivity index (χ1n) is 4.37. The lowest BCUT2D eigenvalue weighted by Crippen LogP contribution is -2.14. The molecule has 16 heavy (non-hydrogen) atoms. The van der Waals surface area contributed by atoms with E-state index in [1.54, 1.807) is 0 Å². The molecule has 4 nitrogen and oxygen atoms in total. The molecule has 1 aromatic heterocycles. The highest BCUT2D eigenvalue weighted by Gasteiger charge is 2.04. The lowest BCUT2D eigenvalue weighted by atomic mass is 10.1. The maximum Gasteiger partial charge on any atom is 0.290 e. The van der Waals surface area contributed by atoms with Gasteiger partial charge in [-0.15, -0.1) is 0 Å². The summed E-state index contributed by atoms with van der Waals surface area (Å²) in [5, 5.41) is 0.243. The minimum absolute atomic E-state index is 0.133. The zero-order valence-electron chi connectivity index (χ0n) is 8.00. The molecule has 0 bridgehead atoms. The summed E-state index contributed by atoms with van der Waals surface area (Å²) in [6, 6.07) is 3.94. The van der Waals surface area contributed by atoms with Gasteiger partial charge in [-0.3, -0.25) is 4.79 Å². The Bertz CT molecular complexity index is 577. The van der Waals surface area contributed by atoms with Crippen molar-refractivity contribution in [2.75, 3.05) is 5.73 Å². The summed E-state index contributed by atoms with van der Waals surface area (Å²) in [6.07, 6.45) is 1.35. The third kappa shape index (κ3) is 2.04. The predicted molar refractivity (Wildman–Crippen MR) is 59.7 cm³/mol. The van der Waals surface area contributed by atoms with Gasteiger partial charge in [0.25, 0.3) is 5.56 Å². The van der Waals surface area contributed by atoms with Crippen molar-refractivity contribution in [3.8, 4) is 11.3 Å². The molecule has 0 aliphatic rings. The molecule has 0 aliphatic carbocycles. The summed E-state index contributed by atoms with van der Waals surface area (Å²) in [6.45, 7) is 0. The Hall–Kier alpha value is -1.88. The van der Waals surface area contributed by atoms with Crippen LogP contribution < -0.4 is 11.3 Å². The van der Waals surface area contributed by atoms with Gasteiger partial charge in [-0.25, -0.2) is 9.37 Å². The maximum absolute atomic E-state index is 13.1. The number of rotatable bonds is 1. The number of benzene rings is 1. The number of anilines is 1. The maximum atomic E-state index is 13.1. The molecule has 2 aromatic rings. The SMILES string of the molecule is Nc1ncc(-c2cc(F)cc(Cl)c2)[nH]c1=O. The fourth-order valence-electron chi connectivity index (χ4n) is 1.27. The molecule has 0 spiro atoms. The van der Waals surface area contributed by atoms with E-state index in [0.717, 1.165) is 0 Å². The van der Waals surface area contributed by atoms with Gasteiger partial charge in [0.2, 0.25) is 0 Å². The van der Waals surface area contributed by atoms with Crippen molar-refractivity contribution in [1.29, 1.82) is 0 Å². The second kappa shape index (κ2) is 3.94. The Kier molecular flexibility index (Phi) is 2.62. The van der Waals surface area contributed by atoms with E-state index in [0.29, 0.717) is 11.3 Å². The van der Waals surface area contributed by atoms with E-state index < -0.39 is 11.4 Å². The van der Waals surface area contributed by atoms with E-state index in [1.165, 1.54) is 24.4 Å². The molecule has 0 amide bonds. The van der Waals surface area contributed by atoms with E-state index in [-0.39, 0.29) is 10.8 Å². The fourth-order valence-corrected chi connectivity index (χ4v) is 1.49. The average Bonchev–Trinajstić information content (AvgIpc) is 2.20. The highest BCUT2D eigenvalue weighted by molar-refractivity contribution is 6.30. The van der Waals surface area contributed by atoms with Crippen LogP contribution in [0.5, 0.6) is 0 Å². The highest BCUT2D eigenvalue weighted by atomic mass is 35.5. The zero-order chi connectivity index (χ0) is 11.7. The van der Waals surface area contributed by atoms with Crippen LogP contribution in [-0.2, 0) is 0 Å². The molecule has 0 unspecified atom stereocenters. The minimum atomic E-state index is -0.516. The first kappa shape index (κ1) is 10.6. The van der Waals surface area contributed by atoms with Crippen LogP contribution in [0.25, 0.3) is 11.3 Å². The second-order valence-electron chi connectivity index (χ2n) is 3.17. The van der Waals surface area contributed by atoms with Crippen LogP contribution in [0.15, 0.2) is 29.2 Å². The van der Waals surface area contributed by atoms with Gasteiger partial charge in [0.15, 0.2) is 5.82 Å². The molecule has 3 N–H and O–H groups in total. The van der Waals surface area contributed by atoms with Gasteiger partial charge in [-0.1, -0.05) is 11.6 Å². The lowest BCUT2D eigenvalue weighted by Gasteiger charge is -2.02. The molecule has 1 heterocycles. The van der Waals surface area contributed by atoms with Crippen molar-refractivity contribution >= 4 is 17.4 Å². The molecule has 0 radical (unpaired) electrons. The molecular weight excluding hydrogens is 233 g/mol. The Labute approximate surface area is 94.9 Å². The van der Waals surface area contributed by atoms with Crippen LogP contribution in [0.2, 0.25) is 5.02 Å². The number of aromatic amines is 1. The smallest absolute Gasteiger partial charge is 0.290 e. The Morgan fingerprint density at radius 3 is 2.75 bits per heavy atom. The summed E-state index contributed by atoms with van der Waals surface area (Å²) < 4.78 is 13.1. The van der Waals surface area contributed by atoms with E-state index in [2.05, 4.69) is 9.97 Å². The van der Waals surface area contributed by atoms with Crippen LogP contribution in [0.4, 0.5) is 10.2 Å². The molecule has 6 heteroatoms. The summed E-state index contributed by atoms with van der Waals surface area (Å²) in [7, 11) is 0. The number of hydrogen-bond acceptors (Lipinski definition) is 3. The Morgan fingerprint density at radius 1 is 1.38 bits per heavy atom. The molecule has 1 aromatic carbocycles. The average molecular weight is 240 g/mol. The first-order chi connectivity index (χ1) is 7.56. The molecule has 0 saturated heterocycles. The number of nitrogen functional groups attached to an aromatic ring is 1. The largest absolute Gasteiger partial charge is 0.379 e. The van der Waals surface area contributed by atoms with Crippen LogP contribution in [0, 0.1) is 5.82 Å². The van der Waals surface area contributed by atoms with Gasteiger partial charge in [0, 0.05) is 10.6 Å². The van der Waals surface area contributed by atoms with Crippen molar-refractivity contribution < 1.29 is 4.39 Å². The standard InChI is InChI=1S/C10H7ClFN3O/c11-6-1-5(2-7(12)3-6)8-4-14-9(13)10(16)15-8/h1-4H,(H2,13,14)(H,15,16). The fraction of sp³-hybridized carbons (Fsp3) is 0. The van der Waals surface area contributed by atoms with Crippen LogP contribution in [0.1, 0.15) is 0 Å². The monoisotopic (exact) mass is 239 g/mol. The summed E-state index contributed by atoms with van der Waals surface area (Å²) in [5.74, 6) is -0.619. The molecule has 0 saturated carbocycles. The normalized spacial score (nSPS) is 10.4. The Balaban J connectivity index is 2.58. The number of halogens is 2.